The van der Waals surface area contributed by atoms with Gasteiger partial charge in [-0.05, 0) is 31.2 Å². The lowest BCUT2D eigenvalue weighted by atomic mass is 10.3. The molecule has 2 aromatic rings. The van der Waals surface area contributed by atoms with Crippen LogP contribution in [0.25, 0.3) is 0 Å². The van der Waals surface area contributed by atoms with Gasteiger partial charge in [0.15, 0.2) is 4.34 Å². The molecule has 1 aromatic heterocycles. The number of carbonyl (C=O) groups is 1. The molecule has 0 bridgehead atoms. The molecule has 1 unspecified atom stereocenters. The Kier molecular flexibility index (Phi) is 4.75. The average Bonchev–Trinajstić information content (AvgIpc) is 2.92. The van der Waals surface area contributed by atoms with Crippen molar-refractivity contribution in [3.63, 3.8) is 0 Å². The first-order valence-corrected chi connectivity index (χ1v) is 7.32. The van der Waals surface area contributed by atoms with Crippen molar-refractivity contribution < 1.29 is 9.53 Å². The van der Waals surface area contributed by atoms with E-state index >= 15 is 0 Å². The third kappa shape index (κ3) is 3.93. The lowest BCUT2D eigenvalue weighted by Crippen LogP contribution is -2.22. The quantitative estimate of drug-likeness (QED) is 0.859. The van der Waals surface area contributed by atoms with E-state index in [0.717, 1.165) is 15.8 Å². The molecule has 1 atom stereocenters. The highest BCUT2D eigenvalue weighted by Gasteiger charge is 2.16. The fraction of sp³-hybridized carbons (Fsp3) is 0.250. The minimum absolute atomic E-state index is 0.0645. The third-order valence-corrected chi connectivity index (χ3v) is 4.26. The minimum atomic E-state index is -0.227. The van der Waals surface area contributed by atoms with Crippen LogP contribution in [0, 0.1) is 0 Å². The summed E-state index contributed by atoms with van der Waals surface area (Å²) in [5.41, 5.74) is 2.40. The first-order chi connectivity index (χ1) is 9.19. The molecular weight excluding hydrogens is 282 g/mol. The van der Waals surface area contributed by atoms with E-state index in [4.69, 9.17) is 4.74 Å². The Balaban J connectivity index is 1.92. The first kappa shape index (κ1) is 13.8. The number of ether oxygens (including phenoxy) is 1. The van der Waals surface area contributed by atoms with Crippen molar-refractivity contribution in [3.8, 4) is 5.75 Å². The van der Waals surface area contributed by atoms with Gasteiger partial charge in [-0.25, -0.2) is 0 Å². The van der Waals surface area contributed by atoms with Crippen molar-refractivity contribution in [1.82, 2.24) is 10.2 Å². The van der Waals surface area contributed by atoms with Crippen molar-refractivity contribution in [3.05, 3.63) is 29.8 Å². The molecule has 5 nitrogen and oxygen atoms in total. The summed E-state index contributed by atoms with van der Waals surface area (Å²) in [4.78, 5) is 12.0. The van der Waals surface area contributed by atoms with Gasteiger partial charge in [-0.2, -0.15) is 0 Å². The number of rotatable bonds is 5. The van der Waals surface area contributed by atoms with E-state index < -0.39 is 0 Å². The molecule has 0 aliphatic heterocycles. The zero-order chi connectivity index (χ0) is 13.7. The van der Waals surface area contributed by atoms with Gasteiger partial charge >= 0.3 is 0 Å². The topological polar surface area (TPSA) is 64.1 Å². The van der Waals surface area contributed by atoms with Gasteiger partial charge in [0.1, 0.15) is 11.3 Å². The highest BCUT2D eigenvalue weighted by molar-refractivity contribution is 8.02. The molecule has 100 valence electrons. The number of anilines is 1. The Morgan fingerprint density at radius 1 is 1.42 bits per heavy atom. The van der Waals surface area contributed by atoms with Gasteiger partial charge < -0.3 is 10.1 Å². The molecule has 0 aliphatic rings. The molecule has 1 amide bonds. The van der Waals surface area contributed by atoms with Gasteiger partial charge in [0.2, 0.25) is 5.91 Å². The molecule has 0 saturated carbocycles. The van der Waals surface area contributed by atoms with Gasteiger partial charge in [-0.15, -0.1) is 10.2 Å². The summed E-state index contributed by atoms with van der Waals surface area (Å²) in [6.07, 6.45) is 0. The van der Waals surface area contributed by atoms with E-state index in [1.54, 1.807) is 36.9 Å². The summed E-state index contributed by atoms with van der Waals surface area (Å²) in [6.45, 7) is 1.84. The predicted molar refractivity (Wildman–Crippen MR) is 76.9 cm³/mol. The molecule has 0 saturated heterocycles. The highest BCUT2D eigenvalue weighted by Crippen LogP contribution is 2.25. The molecule has 1 aromatic carbocycles. The van der Waals surface area contributed by atoms with E-state index in [1.807, 2.05) is 6.92 Å². The largest absolute Gasteiger partial charge is 0.497 e. The number of hydrogen-bond donors (Lipinski definition) is 1. The predicted octanol–water partition coefficient (Wildman–Crippen LogP) is 2.67. The average molecular weight is 295 g/mol. The second-order valence-electron chi connectivity index (χ2n) is 3.68. The number of benzene rings is 1. The van der Waals surface area contributed by atoms with Crippen LogP contribution in [0.2, 0.25) is 0 Å². The zero-order valence-corrected chi connectivity index (χ0v) is 12.1. The lowest BCUT2D eigenvalue weighted by Gasteiger charge is -2.10. The maximum atomic E-state index is 12.0. The number of hydrogen-bond acceptors (Lipinski definition) is 6. The number of amides is 1. The van der Waals surface area contributed by atoms with Crippen LogP contribution in [-0.2, 0) is 4.79 Å². The molecule has 1 heterocycles. The standard InChI is InChI=1S/C12H13N3O2S2/c1-8(19-12-15-13-7-18-12)11(16)14-9-3-5-10(17-2)6-4-9/h3-8H,1-2H3,(H,14,16). The van der Waals surface area contributed by atoms with Crippen LogP contribution in [-0.4, -0.2) is 28.5 Å². The molecule has 0 aliphatic carbocycles. The van der Waals surface area contributed by atoms with E-state index in [1.165, 1.54) is 23.1 Å². The number of nitrogens with zero attached hydrogens (tertiary/aromatic N) is 2. The SMILES string of the molecule is COc1ccc(NC(=O)C(C)Sc2nncs2)cc1. The monoisotopic (exact) mass is 295 g/mol. The molecule has 7 heteroatoms. The van der Waals surface area contributed by atoms with Crippen molar-refractivity contribution in [2.24, 2.45) is 0 Å². The van der Waals surface area contributed by atoms with Gasteiger partial charge in [0.25, 0.3) is 0 Å². The minimum Gasteiger partial charge on any atom is -0.497 e. The maximum absolute atomic E-state index is 12.0. The number of methoxy groups -OCH3 is 1. The summed E-state index contributed by atoms with van der Waals surface area (Å²) in [5.74, 6) is 0.694. The summed E-state index contributed by atoms with van der Waals surface area (Å²) in [7, 11) is 1.61. The molecule has 19 heavy (non-hydrogen) atoms. The van der Waals surface area contributed by atoms with Crippen LogP contribution >= 0.6 is 23.1 Å². The summed E-state index contributed by atoms with van der Waals surface area (Å²) >= 11 is 2.82. The Morgan fingerprint density at radius 2 is 2.16 bits per heavy atom. The normalized spacial score (nSPS) is 11.9. The van der Waals surface area contributed by atoms with Gasteiger partial charge in [0, 0.05) is 5.69 Å². The molecule has 1 N–H and O–H groups in total. The van der Waals surface area contributed by atoms with Crippen molar-refractivity contribution in [2.45, 2.75) is 16.5 Å². The van der Waals surface area contributed by atoms with Crippen LogP contribution in [0.3, 0.4) is 0 Å². The molecule has 2 rings (SSSR count). The van der Waals surface area contributed by atoms with Crippen LogP contribution in [0.5, 0.6) is 5.75 Å². The molecule has 0 radical (unpaired) electrons. The van der Waals surface area contributed by atoms with Crippen LogP contribution in [0.4, 0.5) is 5.69 Å². The first-order valence-electron chi connectivity index (χ1n) is 5.57. The maximum Gasteiger partial charge on any atom is 0.237 e. The van der Waals surface area contributed by atoms with Gasteiger partial charge in [-0.1, -0.05) is 23.1 Å². The van der Waals surface area contributed by atoms with Crippen molar-refractivity contribution >= 4 is 34.7 Å². The van der Waals surface area contributed by atoms with Crippen LogP contribution in [0.15, 0.2) is 34.1 Å². The number of nitrogens with one attached hydrogen (secondary N) is 1. The Labute approximate surface area is 119 Å². The summed E-state index contributed by atoms with van der Waals surface area (Å²) in [6, 6.07) is 7.22. The van der Waals surface area contributed by atoms with E-state index in [2.05, 4.69) is 15.5 Å². The molecule has 0 fully saturated rings. The molecule has 0 spiro atoms. The third-order valence-electron chi connectivity index (χ3n) is 2.34. The Morgan fingerprint density at radius 3 is 2.74 bits per heavy atom. The number of thioether (sulfide) groups is 1. The lowest BCUT2D eigenvalue weighted by molar-refractivity contribution is -0.115. The summed E-state index contributed by atoms with van der Waals surface area (Å²) < 4.78 is 5.85. The van der Waals surface area contributed by atoms with E-state index in [9.17, 15) is 4.79 Å². The second-order valence-corrected chi connectivity index (χ2v) is 6.10. The smallest absolute Gasteiger partial charge is 0.237 e. The number of aromatic nitrogens is 2. The zero-order valence-electron chi connectivity index (χ0n) is 10.5. The highest BCUT2D eigenvalue weighted by atomic mass is 32.2. The number of carbonyl (C=O) groups excluding carboxylic acids is 1. The van der Waals surface area contributed by atoms with Crippen molar-refractivity contribution in [2.75, 3.05) is 12.4 Å². The Hall–Kier alpha value is -1.60. The van der Waals surface area contributed by atoms with Gasteiger partial charge in [-0.3, -0.25) is 4.79 Å². The molecular formula is C12H13N3O2S2. The fourth-order valence-electron chi connectivity index (χ4n) is 1.34. The Bertz CT molecular complexity index is 528. The van der Waals surface area contributed by atoms with E-state index in [-0.39, 0.29) is 11.2 Å². The van der Waals surface area contributed by atoms with Crippen LogP contribution < -0.4 is 10.1 Å². The fourth-order valence-corrected chi connectivity index (χ4v) is 2.96. The van der Waals surface area contributed by atoms with Gasteiger partial charge in [0.05, 0.1) is 12.4 Å². The summed E-state index contributed by atoms with van der Waals surface area (Å²) in [5, 5.41) is 10.3. The van der Waals surface area contributed by atoms with Crippen LogP contribution in [0.1, 0.15) is 6.92 Å². The second kappa shape index (κ2) is 6.53. The van der Waals surface area contributed by atoms with E-state index in [0.29, 0.717) is 0 Å². The van der Waals surface area contributed by atoms with Crippen molar-refractivity contribution in [1.29, 1.82) is 0 Å².